The topological polar surface area (TPSA) is 36.9 Å². The van der Waals surface area contributed by atoms with Crippen molar-refractivity contribution in [3.8, 4) is 0 Å². The Bertz CT molecular complexity index is 506. The summed E-state index contributed by atoms with van der Waals surface area (Å²) in [5.41, 5.74) is 0.385. The fraction of sp³-hybridized carbons (Fsp3) is 0.588. The molecule has 2 fully saturated rings. The molecule has 1 aromatic carbocycles. The van der Waals surface area contributed by atoms with Crippen LogP contribution in [0, 0.1) is 5.41 Å². The lowest BCUT2D eigenvalue weighted by atomic mass is 9.87. The Morgan fingerprint density at radius 3 is 2.87 bits per heavy atom. The molecule has 0 aromatic heterocycles. The third-order valence-electron chi connectivity index (χ3n) is 4.53. The summed E-state index contributed by atoms with van der Waals surface area (Å²) >= 11 is 1.88. The van der Waals surface area contributed by atoms with Crippen molar-refractivity contribution in [3.63, 3.8) is 0 Å². The Morgan fingerprint density at radius 2 is 2.17 bits per heavy atom. The second-order valence-corrected chi connectivity index (χ2v) is 7.28. The van der Waals surface area contributed by atoms with Crippen LogP contribution in [0.5, 0.6) is 0 Å². The lowest BCUT2D eigenvalue weighted by Crippen LogP contribution is -2.42. The van der Waals surface area contributed by atoms with Gasteiger partial charge in [0.15, 0.2) is 5.96 Å². The molecule has 0 bridgehead atoms. The maximum atomic E-state index is 5.60. The Balaban J connectivity index is 0.00000192. The zero-order valence-electron chi connectivity index (χ0n) is 13.7. The molecular weight excluding hydrogens is 421 g/mol. The van der Waals surface area contributed by atoms with Crippen molar-refractivity contribution in [2.24, 2.45) is 10.4 Å². The lowest BCUT2D eigenvalue weighted by Gasteiger charge is -2.24. The summed E-state index contributed by atoms with van der Waals surface area (Å²) in [7, 11) is 1.88. The molecule has 3 rings (SSSR count). The van der Waals surface area contributed by atoms with E-state index in [0.717, 1.165) is 44.6 Å². The zero-order valence-corrected chi connectivity index (χ0v) is 16.8. The van der Waals surface area contributed by atoms with Gasteiger partial charge in [-0.1, -0.05) is 18.2 Å². The van der Waals surface area contributed by atoms with Crippen LogP contribution >= 0.6 is 35.7 Å². The minimum Gasteiger partial charge on any atom is -0.381 e. The van der Waals surface area contributed by atoms with Crippen molar-refractivity contribution >= 4 is 41.7 Å². The van der Waals surface area contributed by atoms with E-state index < -0.39 is 0 Å². The number of rotatable bonds is 4. The number of aliphatic imine (C=N–C) groups is 1. The SMILES string of the molecule is CN=C(NCCSc1ccccc1)N1CCC2(CCOC2)C1.I. The highest BCUT2D eigenvalue weighted by molar-refractivity contribution is 14.0. The Hall–Kier alpha value is -0.470. The summed E-state index contributed by atoms with van der Waals surface area (Å²) in [6, 6.07) is 10.5. The average molecular weight is 447 g/mol. The van der Waals surface area contributed by atoms with Gasteiger partial charge in [-0.15, -0.1) is 35.7 Å². The van der Waals surface area contributed by atoms with Crippen LogP contribution in [0.4, 0.5) is 0 Å². The van der Waals surface area contributed by atoms with E-state index in [-0.39, 0.29) is 24.0 Å². The quantitative estimate of drug-likeness (QED) is 0.253. The van der Waals surface area contributed by atoms with Crippen molar-refractivity contribution in [3.05, 3.63) is 30.3 Å². The summed E-state index contributed by atoms with van der Waals surface area (Å²) in [5.74, 6) is 2.09. The van der Waals surface area contributed by atoms with E-state index in [1.54, 1.807) is 0 Å². The first kappa shape index (κ1) is 18.9. The number of guanidine groups is 1. The van der Waals surface area contributed by atoms with Crippen molar-refractivity contribution in [1.82, 2.24) is 10.2 Å². The molecule has 1 aromatic rings. The van der Waals surface area contributed by atoms with E-state index in [0.29, 0.717) is 5.41 Å². The van der Waals surface area contributed by atoms with Crippen molar-refractivity contribution in [2.45, 2.75) is 17.7 Å². The van der Waals surface area contributed by atoms with Crippen molar-refractivity contribution in [1.29, 1.82) is 0 Å². The predicted molar refractivity (Wildman–Crippen MR) is 108 cm³/mol. The van der Waals surface area contributed by atoms with Gasteiger partial charge in [0.1, 0.15) is 0 Å². The Kier molecular flexibility index (Phi) is 7.49. The third kappa shape index (κ3) is 5.00. The predicted octanol–water partition coefficient (Wildman–Crippen LogP) is 3.08. The number of nitrogens with zero attached hydrogens (tertiary/aromatic N) is 2. The first-order valence-corrected chi connectivity index (χ1v) is 9.01. The number of hydrogen-bond donors (Lipinski definition) is 1. The molecule has 1 unspecified atom stereocenters. The van der Waals surface area contributed by atoms with Crippen LogP contribution in [0.1, 0.15) is 12.8 Å². The van der Waals surface area contributed by atoms with Crippen LogP contribution in [-0.4, -0.2) is 56.5 Å². The first-order valence-electron chi connectivity index (χ1n) is 8.03. The molecule has 1 spiro atoms. The van der Waals surface area contributed by atoms with Gasteiger partial charge in [-0.25, -0.2) is 0 Å². The molecule has 0 radical (unpaired) electrons. The molecule has 0 aliphatic carbocycles. The number of nitrogens with one attached hydrogen (secondary N) is 1. The first-order chi connectivity index (χ1) is 10.8. The Morgan fingerprint density at radius 1 is 1.35 bits per heavy atom. The molecule has 0 amide bonds. The number of ether oxygens (including phenoxy) is 1. The standard InChI is InChI=1S/C17H25N3OS.HI/c1-18-16(19-9-12-22-15-5-3-2-4-6-15)20-10-7-17(13-20)8-11-21-14-17;/h2-6H,7-14H2,1H3,(H,18,19);1H. The van der Waals surface area contributed by atoms with E-state index in [1.807, 2.05) is 18.8 Å². The monoisotopic (exact) mass is 447 g/mol. The van der Waals surface area contributed by atoms with E-state index >= 15 is 0 Å². The maximum absolute atomic E-state index is 5.60. The van der Waals surface area contributed by atoms with Gasteiger partial charge in [0.2, 0.25) is 0 Å². The van der Waals surface area contributed by atoms with Crippen LogP contribution in [0.2, 0.25) is 0 Å². The highest BCUT2D eigenvalue weighted by Crippen LogP contribution is 2.38. The molecular formula is C17H26IN3OS. The molecule has 2 aliphatic heterocycles. The Labute approximate surface area is 160 Å². The van der Waals surface area contributed by atoms with E-state index in [9.17, 15) is 0 Å². The maximum Gasteiger partial charge on any atom is 0.193 e. The van der Waals surface area contributed by atoms with Crippen molar-refractivity contribution in [2.75, 3.05) is 45.6 Å². The van der Waals surface area contributed by atoms with Gasteiger partial charge < -0.3 is 15.0 Å². The molecule has 2 saturated heterocycles. The van der Waals surface area contributed by atoms with Gasteiger partial charge in [-0.05, 0) is 25.0 Å². The molecule has 128 valence electrons. The second kappa shape index (κ2) is 9.13. The summed E-state index contributed by atoms with van der Waals surface area (Å²) in [6.45, 7) is 4.96. The van der Waals surface area contributed by atoms with Crippen LogP contribution in [0.3, 0.4) is 0 Å². The van der Waals surface area contributed by atoms with Crippen LogP contribution in [0.25, 0.3) is 0 Å². The molecule has 1 N–H and O–H groups in total. The van der Waals surface area contributed by atoms with Crippen LogP contribution < -0.4 is 5.32 Å². The van der Waals surface area contributed by atoms with Crippen LogP contribution in [-0.2, 0) is 4.74 Å². The minimum absolute atomic E-state index is 0. The normalized spacial score (nSPS) is 24.0. The van der Waals surface area contributed by atoms with Gasteiger partial charge >= 0.3 is 0 Å². The fourth-order valence-electron chi connectivity index (χ4n) is 3.27. The van der Waals surface area contributed by atoms with Gasteiger partial charge in [0, 0.05) is 49.4 Å². The average Bonchev–Trinajstić information content (AvgIpc) is 3.19. The second-order valence-electron chi connectivity index (χ2n) is 6.11. The zero-order chi connectivity index (χ0) is 15.3. The number of hydrogen-bond acceptors (Lipinski definition) is 3. The fourth-order valence-corrected chi connectivity index (χ4v) is 4.06. The van der Waals surface area contributed by atoms with Gasteiger partial charge in [0.25, 0.3) is 0 Å². The number of benzene rings is 1. The van der Waals surface area contributed by atoms with Crippen molar-refractivity contribution < 1.29 is 4.74 Å². The summed E-state index contributed by atoms with van der Waals surface area (Å²) in [4.78, 5) is 8.16. The van der Waals surface area contributed by atoms with E-state index in [1.165, 1.54) is 17.7 Å². The number of likely N-dealkylation sites (tertiary alicyclic amines) is 1. The number of halogens is 1. The molecule has 6 heteroatoms. The van der Waals surface area contributed by atoms with Crippen LogP contribution in [0.15, 0.2) is 40.2 Å². The largest absolute Gasteiger partial charge is 0.381 e. The molecule has 4 nitrogen and oxygen atoms in total. The van der Waals surface area contributed by atoms with E-state index in [4.69, 9.17) is 4.74 Å². The smallest absolute Gasteiger partial charge is 0.193 e. The lowest BCUT2D eigenvalue weighted by molar-refractivity contribution is 0.156. The minimum atomic E-state index is 0. The van der Waals surface area contributed by atoms with Gasteiger partial charge in [0.05, 0.1) is 6.61 Å². The molecule has 2 aliphatic rings. The van der Waals surface area contributed by atoms with Gasteiger partial charge in [-0.2, -0.15) is 0 Å². The molecule has 23 heavy (non-hydrogen) atoms. The van der Waals surface area contributed by atoms with Gasteiger partial charge in [-0.3, -0.25) is 4.99 Å². The highest BCUT2D eigenvalue weighted by Gasteiger charge is 2.42. The van der Waals surface area contributed by atoms with E-state index in [2.05, 4.69) is 45.5 Å². The summed E-state index contributed by atoms with van der Waals surface area (Å²) in [5, 5.41) is 3.50. The molecule has 2 heterocycles. The number of thioether (sulfide) groups is 1. The third-order valence-corrected chi connectivity index (χ3v) is 5.55. The highest BCUT2D eigenvalue weighted by atomic mass is 127. The molecule has 0 saturated carbocycles. The summed E-state index contributed by atoms with van der Waals surface area (Å²) in [6.07, 6.45) is 2.43. The molecule has 1 atom stereocenters. The summed E-state index contributed by atoms with van der Waals surface area (Å²) < 4.78 is 5.60.